The maximum absolute atomic E-state index is 4.31. The molecular formula is C8H19N2. The highest BCUT2D eigenvalue weighted by Crippen LogP contribution is 1.88. The molecule has 2 nitrogen and oxygen atoms in total. The molecule has 0 aromatic rings. The second-order valence-electron chi connectivity index (χ2n) is 2.60. The van der Waals surface area contributed by atoms with Crippen LogP contribution in [-0.4, -0.2) is 25.1 Å². The van der Waals surface area contributed by atoms with E-state index in [1.54, 1.807) is 0 Å². The lowest BCUT2D eigenvalue weighted by molar-refractivity contribution is 0.223. The summed E-state index contributed by atoms with van der Waals surface area (Å²) in [5.74, 6) is 0. The molecule has 0 aromatic carbocycles. The Hall–Kier alpha value is -0.0800. The molecule has 1 radical (unpaired) electrons. The molecule has 0 rings (SSSR count). The van der Waals surface area contributed by atoms with Crippen LogP contribution in [-0.2, 0) is 0 Å². The molecule has 0 saturated carbocycles. The van der Waals surface area contributed by atoms with Crippen molar-refractivity contribution in [2.24, 2.45) is 0 Å². The number of hydrogen-bond donors (Lipinski definition) is 0. The zero-order valence-corrected chi connectivity index (χ0v) is 7.43. The van der Waals surface area contributed by atoms with Crippen LogP contribution in [0, 0.1) is 0 Å². The highest BCUT2D eigenvalue weighted by molar-refractivity contribution is 4.43. The molecule has 0 spiro atoms. The summed E-state index contributed by atoms with van der Waals surface area (Å²) in [5.41, 5.74) is 4.31. The van der Waals surface area contributed by atoms with Gasteiger partial charge in [-0.3, -0.25) is 0 Å². The first-order valence-electron chi connectivity index (χ1n) is 4.19. The standard InChI is InChI=1S/C8H19N2/c1-4-6-8-10(3)9-7-5-2/h4-8H2,1-3H3. The predicted octanol–water partition coefficient (Wildman–Crippen LogP) is 1.65. The second kappa shape index (κ2) is 7.03. The fraction of sp³-hybridized carbons (Fsp3) is 1.00. The quantitative estimate of drug-likeness (QED) is 0.517. The summed E-state index contributed by atoms with van der Waals surface area (Å²) in [5, 5.41) is 2.05. The third-order valence-electron chi connectivity index (χ3n) is 1.40. The van der Waals surface area contributed by atoms with Crippen LogP contribution in [0.25, 0.3) is 0 Å². The van der Waals surface area contributed by atoms with Gasteiger partial charge in [-0.1, -0.05) is 20.3 Å². The van der Waals surface area contributed by atoms with Gasteiger partial charge >= 0.3 is 0 Å². The fourth-order valence-corrected chi connectivity index (χ4v) is 0.728. The van der Waals surface area contributed by atoms with Crippen molar-refractivity contribution in [3.63, 3.8) is 0 Å². The average Bonchev–Trinajstić information content (AvgIpc) is 1.97. The Balaban J connectivity index is 3.00. The number of rotatable bonds is 6. The van der Waals surface area contributed by atoms with Crippen LogP contribution in [0.1, 0.15) is 33.1 Å². The first-order valence-corrected chi connectivity index (χ1v) is 4.19. The molecule has 0 aromatic heterocycles. The van der Waals surface area contributed by atoms with Crippen LogP contribution in [0.3, 0.4) is 0 Å². The van der Waals surface area contributed by atoms with Gasteiger partial charge in [0.05, 0.1) is 0 Å². The summed E-state index contributed by atoms with van der Waals surface area (Å²) in [7, 11) is 2.05. The average molecular weight is 143 g/mol. The molecule has 0 fully saturated rings. The van der Waals surface area contributed by atoms with Crippen LogP contribution in [0.15, 0.2) is 0 Å². The molecule has 0 heterocycles. The van der Waals surface area contributed by atoms with E-state index in [9.17, 15) is 0 Å². The minimum Gasteiger partial charge on any atom is -0.230 e. The smallest absolute Gasteiger partial charge is 0.0304 e. The van der Waals surface area contributed by atoms with Crippen molar-refractivity contribution in [1.29, 1.82) is 0 Å². The molecule has 0 aliphatic carbocycles. The van der Waals surface area contributed by atoms with E-state index in [4.69, 9.17) is 0 Å². The third kappa shape index (κ3) is 6.05. The maximum Gasteiger partial charge on any atom is 0.0304 e. The molecule has 0 atom stereocenters. The van der Waals surface area contributed by atoms with Gasteiger partial charge in [0.2, 0.25) is 0 Å². The minimum absolute atomic E-state index is 0.972. The van der Waals surface area contributed by atoms with E-state index in [1.807, 2.05) is 12.1 Å². The SMILES string of the molecule is CCCCN(C)[N]CCC. The molecular weight excluding hydrogens is 124 g/mol. The van der Waals surface area contributed by atoms with Crippen LogP contribution in [0.2, 0.25) is 0 Å². The summed E-state index contributed by atoms with van der Waals surface area (Å²) in [6.45, 7) is 6.43. The summed E-state index contributed by atoms with van der Waals surface area (Å²) >= 11 is 0. The second-order valence-corrected chi connectivity index (χ2v) is 2.60. The number of unbranched alkanes of at least 4 members (excludes halogenated alkanes) is 1. The lowest BCUT2D eigenvalue weighted by atomic mass is 10.3. The van der Waals surface area contributed by atoms with Gasteiger partial charge < -0.3 is 0 Å². The van der Waals surface area contributed by atoms with Gasteiger partial charge in [0.1, 0.15) is 0 Å². The summed E-state index contributed by atoms with van der Waals surface area (Å²) in [6, 6.07) is 0. The Morgan fingerprint density at radius 3 is 2.40 bits per heavy atom. The number of hydrogen-bond acceptors (Lipinski definition) is 1. The van der Waals surface area contributed by atoms with E-state index in [-0.39, 0.29) is 0 Å². The van der Waals surface area contributed by atoms with E-state index < -0.39 is 0 Å². The molecule has 0 bridgehead atoms. The van der Waals surface area contributed by atoms with Crippen LogP contribution < -0.4 is 5.43 Å². The van der Waals surface area contributed by atoms with Crippen molar-refractivity contribution < 1.29 is 0 Å². The molecule has 0 aliphatic heterocycles. The van der Waals surface area contributed by atoms with Crippen LogP contribution in [0.5, 0.6) is 0 Å². The topological polar surface area (TPSA) is 17.3 Å². The van der Waals surface area contributed by atoms with Gasteiger partial charge in [-0.05, 0) is 12.8 Å². The van der Waals surface area contributed by atoms with Crippen molar-refractivity contribution in [3.8, 4) is 0 Å². The zero-order valence-electron chi connectivity index (χ0n) is 7.43. The van der Waals surface area contributed by atoms with Gasteiger partial charge in [-0.15, -0.1) is 0 Å². The van der Waals surface area contributed by atoms with Crippen molar-refractivity contribution in [2.45, 2.75) is 33.1 Å². The van der Waals surface area contributed by atoms with E-state index in [1.165, 1.54) is 12.8 Å². The van der Waals surface area contributed by atoms with Gasteiger partial charge in [-0.2, -0.15) is 5.43 Å². The Labute approximate surface area is 64.6 Å². The van der Waals surface area contributed by atoms with Crippen LogP contribution in [0.4, 0.5) is 0 Å². The van der Waals surface area contributed by atoms with Gasteiger partial charge in [-0.25, -0.2) is 5.01 Å². The molecule has 2 heteroatoms. The van der Waals surface area contributed by atoms with E-state index in [0.717, 1.165) is 19.5 Å². The lowest BCUT2D eigenvalue weighted by Gasteiger charge is -2.13. The highest BCUT2D eigenvalue weighted by Gasteiger charge is 1.94. The molecule has 61 valence electrons. The Morgan fingerprint density at radius 1 is 1.20 bits per heavy atom. The first-order chi connectivity index (χ1) is 4.81. The molecule has 0 N–H and O–H groups in total. The molecule has 0 aliphatic rings. The predicted molar refractivity (Wildman–Crippen MR) is 44.8 cm³/mol. The summed E-state index contributed by atoms with van der Waals surface area (Å²) < 4.78 is 0. The van der Waals surface area contributed by atoms with Crippen molar-refractivity contribution in [2.75, 3.05) is 20.1 Å². The maximum atomic E-state index is 4.31. The largest absolute Gasteiger partial charge is 0.230 e. The normalized spacial score (nSPS) is 10.8. The van der Waals surface area contributed by atoms with Crippen molar-refractivity contribution in [1.82, 2.24) is 10.4 Å². The van der Waals surface area contributed by atoms with Gasteiger partial charge in [0, 0.05) is 20.1 Å². The Kier molecular flexibility index (Phi) is 6.98. The fourth-order valence-electron chi connectivity index (χ4n) is 0.728. The highest BCUT2D eigenvalue weighted by atomic mass is 15.5. The third-order valence-corrected chi connectivity index (χ3v) is 1.40. The Morgan fingerprint density at radius 2 is 1.90 bits per heavy atom. The Bertz CT molecular complexity index is 56.3. The van der Waals surface area contributed by atoms with E-state index in [0.29, 0.717) is 0 Å². The lowest BCUT2D eigenvalue weighted by Crippen LogP contribution is -2.29. The monoisotopic (exact) mass is 143 g/mol. The van der Waals surface area contributed by atoms with Gasteiger partial charge in [0.15, 0.2) is 0 Å². The molecule has 0 saturated heterocycles. The first kappa shape index (κ1) is 9.92. The molecule has 0 unspecified atom stereocenters. The van der Waals surface area contributed by atoms with Crippen LogP contribution >= 0.6 is 0 Å². The summed E-state index contributed by atoms with van der Waals surface area (Å²) in [4.78, 5) is 0. The van der Waals surface area contributed by atoms with E-state index in [2.05, 4.69) is 19.3 Å². The minimum atomic E-state index is 0.972. The van der Waals surface area contributed by atoms with E-state index >= 15 is 0 Å². The zero-order chi connectivity index (χ0) is 7.82. The molecule has 10 heavy (non-hydrogen) atoms. The van der Waals surface area contributed by atoms with Crippen molar-refractivity contribution >= 4 is 0 Å². The van der Waals surface area contributed by atoms with Crippen molar-refractivity contribution in [3.05, 3.63) is 0 Å². The summed E-state index contributed by atoms with van der Waals surface area (Å²) in [6.07, 6.45) is 3.66. The van der Waals surface area contributed by atoms with Gasteiger partial charge in [0.25, 0.3) is 0 Å². The number of nitrogens with zero attached hydrogens (tertiary/aromatic N) is 2. The molecule has 0 amide bonds.